The summed E-state index contributed by atoms with van der Waals surface area (Å²) in [6, 6.07) is 6.11. The quantitative estimate of drug-likeness (QED) is 0.480. The Morgan fingerprint density at radius 3 is 2.52 bits per heavy atom. The molecule has 2 atom stereocenters. The fraction of sp³-hybridized carbons (Fsp3) is 0.609. The first-order valence-corrected chi connectivity index (χ1v) is 12.9. The first kappa shape index (κ1) is 24.0. The molecule has 33 heavy (non-hydrogen) atoms. The predicted molar refractivity (Wildman–Crippen MR) is 120 cm³/mol. The van der Waals surface area contributed by atoms with Gasteiger partial charge >= 0.3 is 0 Å². The van der Waals surface area contributed by atoms with E-state index >= 15 is 0 Å². The van der Waals surface area contributed by atoms with E-state index in [0.717, 1.165) is 25.9 Å². The molecule has 0 aromatic heterocycles. The van der Waals surface area contributed by atoms with Crippen LogP contribution in [0.15, 0.2) is 41.0 Å². The van der Waals surface area contributed by atoms with Crippen LogP contribution in [0.2, 0.25) is 0 Å². The summed E-state index contributed by atoms with van der Waals surface area (Å²) in [5.41, 5.74) is 0. The van der Waals surface area contributed by atoms with E-state index < -0.39 is 16.3 Å². The molecular formula is C23H32N2O7S. The van der Waals surface area contributed by atoms with Crippen molar-refractivity contribution in [1.29, 1.82) is 0 Å². The molecule has 9 nitrogen and oxygen atoms in total. The molecule has 1 amide bonds. The highest BCUT2D eigenvalue weighted by Gasteiger charge is 2.37. The van der Waals surface area contributed by atoms with Crippen LogP contribution in [0, 0.1) is 11.8 Å². The maximum absolute atomic E-state index is 13.0. The second-order valence-electron chi connectivity index (χ2n) is 8.64. The second-order valence-corrected chi connectivity index (χ2v) is 10.6. The van der Waals surface area contributed by atoms with Crippen LogP contribution >= 0.6 is 0 Å². The summed E-state index contributed by atoms with van der Waals surface area (Å²) in [6.07, 6.45) is 5.49. The summed E-state index contributed by atoms with van der Waals surface area (Å²) < 4.78 is 44.1. The molecule has 4 rings (SSSR count). The molecule has 1 aromatic carbocycles. The Hall–Kier alpha value is -2.14. The zero-order valence-corrected chi connectivity index (χ0v) is 19.7. The smallest absolute Gasteiger partial charge is 0.288 e. The Morgan fingerprint density at radius 1 is 1.21 bits per heavy atom. The molecule has 1 saturated heterocycles. The van der Waals surface area contributed by atoms with Gasteiger partial charge in [-0.1, -0.05) is 6.42 Å². The van der Waals surface area contributed by atoms with Crippen LogP contribution in [0.3, 0.4) is 0 Å². The lowest BCUT2D eigenvalue weighted by Crippen LogP contribution is -2.38. The number of aliphatic hydroxyl groups is 1. The van der Waals surface area contributed by atoms with E-state index in [1.807, 2.05) is 6.08 Å². The molecule has 0 unspecified atom stereocenters. The molecule has 2 heterocycles. The summed E-state index contributed by atoms with van der Waals surface area (Å²) in [5.74, 6) is 1.57. The molecule has 1 aliphatic carbocycles. The van der Waals surface area contributed by atoms with Crippen molar-refractivity contribution in [2.75, 3.05) is 46.5 Å². The molecule has 2 aliphatic heterocycles. The summed E-state index contributed by atoms with van der Waals surface area (Å²) in [6.45, 7) is 1.28. The predicted octanol–water partition coefficient (Wildman–Crippen LogP) is 1.58. The molecule has 1 aromatic rings. The number of hydrogen-bond acceptors (Lipinski definition) is 7. The maximum atomic E-state index is 13.0. The molecule has 0 spiro atoms. The number of ether oxygens (including phenoxy) is 3. The Labute approximate surface area is 195 Å². The van der Waals surface area contributed by atoms with Gasteiger partial charge in [0.1, 0.15) is 5.75 Å². The van der Waals surface area contributed by atoms with Crippen molar-refractivity contribution in [2.24, 2.45) is 11.8 Å². The van der Waals surface area contributed by atoms with Gasteiger partial charge in [-0.3, -0.25) is 4.79 Å². The van der Waals surface area contributed by atoms with Gasteiger partial charge < -0.3 is 24.2 Å². The number of carbonyl (C=O) groups is 1. The van der Waals surface area contributed by atoms with Crippen LogP contribution in [0.4, 0.5) is 0 Å². The first-order valence-electron chi connectivity index (χ1n) is 11.5. The number of sulfonamides is 1. The van der Waals surface area contributed by atoms with Crippen molar-refractivity contribution >= 4 is 15.9 Å². The van der Waals surface area contributed by atoms with Crippen LogP contribution in [0.1, 0.15) is 25.7 Å². The number of carbonyl (C=O) groups excluding carboxylic acids is 1. The zero-order chi connectivity index (χ0) is 23.4. The van der Waals surface area contributed by atoms with Crippen LogP contribution in [-0.4, -0.2) is 81.4 Å². The highest BCUT2D eigenvalue weighted by molar-refractivity contribution is 7.89. The van der Waals surface area contributed by atoms with Crippen LogP contribution in [0.25, 0.3) is 0 Å². The summed E-state index contributed by atoms with van der Waals surface area (Å²) in [4.78, 5) is 14.4. The summed E-state index contributed by atoms with van der Waals surface area (Å²) >= 11 is 0. The van der Waals surface area contributed by atoms with Gasteiger partial charge in [0.25, 0.3) is 5.91 Å². The number of allylic oxidation sites excluding steroid dienone is 1. The fourth-order valence-electron chi connectivity index (χ4n) is 4.19. The minimum Gasteiger partial charge on any atom is -0.497 e. The standard InChI is InChI=1S/C23H32N2O7S/c1-30-19-5-7-20(8-6-19)33(28,29)25(11-13-26)12-14-31-22-16-18(17-3-2-4-17)15-21(32-22)23(27)24-9-10-24/h5-8,15,17-18,22,26H,2-4,9-14,16H2,1H3/t18-,22+/m1/s1. The van der Waals surface area contributed by atoms with E-state index in [9.17, 15) is 18.3 Å². The lowest BCUT2D eigenvalue weighted by Gasteiger charge is -2.37. The van der Waals surface area contributed by atoms with Crippen LogP contribution in [-0.2, 0) is 24.3 Å². The zero-order valence-electron chi connectivity index (χ0n) is 18.9. The van der Waals surface area contributed by atoms with Crippen LogP contribution in [0.5, 0.6) is 5.75 Å². The van der Waals surface area contributed by atoms with Gasteiger partial charge in [0.05, 0.1) is 25.2 Å². The summed E-state index contributed by atoms with van der Waals surface area (Å²) in [5, 5.41) is 9.42. The van der Waals surface area contributed by atoms with E-state index in [0.29, 0.717) is 23.8 Å². The molecule has 1 saturated carbocycles. The molecule has 0 radical (unpaired) electrons. The number of nitrogens with zero attached hydrogens (tertiary/aromatic N) is 2. The van der Waals surface area contributed by atoms with Gasteiger partial charge in [0, 0.05) is 32.6 Å². The number of aliphatic hydroxyl groups excluding tert-OH is 1. The number of hydrogen-bond donors (Lipinski definition) is 1. The average Bonchev–Trinajstić information content (AvgIpc) is 3.62. The number of methoxy groups -OCH3 is 1. The fourth-order valence-corrected chi connectivity index (χ4v) is 5.60. The minimum atomic E-state index is -3.81. The maximum Gasteiger partial charge on any atom is 0.288 e. The molecule has 10 heteroatoms. The molecule has 1 N–H and O–H groups in total. The number of benzene rings is 1. The third-order valence-corrected chi connectivity index (χ3v) is 8.39. The highest BCUT2D eigenvalue weighted by atomic mass is 32.2. The topological polar surface area (TPSA) is 105 Å². The van der Waals surface area contributed by atoms with Crippen molar-refractivity contribution < 1.29 is 32.5 Å². The largest absolute Gasteiger partial charge is 0.497 e. The van der Waals surface area contributed by atoms with Crippen molar-refractivity contribution in [2.45, 2.75) is 36.9 Å². The van der Waals surface area contributed by atoms with Gasteiger partial charge in [0.2, 0.25) is 16.3 Å². The second kappa shape index (κ2) is 10.4. The van der Waals surface area contributed by atoms with Crippen molar-refractivity contribution in [3.8, 4) is 5.75 Å². The molecule has 3 aliphatic rings. The Morgan fingerprint density at radius 2 is 1.94 bits per heavy atom. The van der Waals surface area contributed by atoms with Crippen LogP contribution < -0.4 is 4.74 Å². The van der Waals surface area contributed by atoms with Gasteiger partial charge in [-0.25, -0.2) is 8.42 Å². The van der Waals surface area contributed by atoms with Crippen molar-refractivity contribution in [1.82, 2.24) is 9.21 Å². The monoisotopic (exact) mass is 480 g/mol. The highest BCUT2D eigenvalue weighted by Crippen LogP contribution is 2.40. The van der Waals surface area contributed by atoms with E-state index in [4.69, 9.17) is 14.2 Å². The lowest BCUT2D eigenvalue weighted by atomic mass is 9.73. The van der Waals surface area contributed by atoms with Gasteiger partial charge in [-0.05, 0) is 55.0 Å². The average molecular weight is 481 g/mol. The molecule has 0 bridgehead atoms. The summed E-state index contributed by atoms with van der Waals surface area (Å²) in [7, 11) is -2.30. The SMILES string of the molecule is COc1ccc(S(=O)(=O)N(CCO)CCO[C@@H]2C[C@H](C3CCC3)C=C(C(=O)N3CC3)O2)cc1. The third kappa shape index (κ3) is 5.68. The molecule has 2 fully saturated rings. The Kier molecular flexibility index (Phi) is 7.58. The number of rotatable bonds is 11. The Balaban J connectivity index is 1.38. The van der Waals surface area contributed by atoms with Gasteiger partial charge in [0.15, 0.2) is 5.76 Å². The van der Waals surface area contributed by atoms with E-state index in [2.05, 4.69) is 0 Å². The molecule has 182 valence electrons. The van der Waals surface area contributed by atoms with Crippen molar-refractivity contribution in [3.63, 3.8) is 0 Å². The lowest BCUT2D eigenvalue weighted by molar-refractivity contribution is -0.154. The minimum absolute atomic E-state index is 0.0491. The van der Waals surface area contributed by atoms with E-state index in [-0.39, 0.29) is 43.0 Å². The number of amides is 1. The van der Waals surface area contributed by atoms with Gasteiger partial charge in [-0.15, -0.1) is 0 Å². The normalized spacial score (nSPS) is 23.0. The van der Waals surface area contributed by atoms with Gasteiger partial charge in [-0.2, -0.15) is 4.31 Å². The Bertz CT molecular complexity index is 956. The van der Waals surface area contributed by atoms with E-state index in [1.54, 1.807) is 17.0 Å². The van der Waals surface area contributed by atoms with E-state index in [1.165, 1.54) is 30.0 Å². The van der Waals surface area contributed by atoms with Crippen molar-refractivity contribution in [3.05, 3.63) is 36.1 Å². The third-order valence-electron chi connectivity index (χ3n) is 6.48. The molecular weight excluding hydrogens is 448 g/mol. The first-order chi connectivity index (χ1) is 15.9.